The minimum absolute atomic E-state index is 0.204. The van der Waals surface area contributed by atoms with Gasteiger partial charge in [0.2, 0.25) is 0 Å². The second-order valence-electron chi connectivity index (χ2n) is 3.26. The predicted molar refractivity (Wildman–Crippen MR) is 56.9 cm³/mol. The Morgan fingerprint density at radius 2 is 2.00 bits per heavy atom. The first-order valence-electron chi connectivity index (χ1n) is 4.10. The summed E-state index contributed by atoms with van der Waals surface area (Å²) < 4.78 is 13.9. The molecule has 2 nitrogen and oxygen atoms in total. The van der Waals surface area contributed by atoms with E-state index in [0.29, 0.717) is 15.6 Å². The van der Waals surface area contributed by atoms with E-state index in [1.165, 1.54) is 11.0 Å². The van der Waals surface area contributed by atoms with Crippen LogP contribution in [0.5, 0.6) is 0 Å². The van der Waals surface area contributed by atoms with Gasteiger partial charge in [-0.2, -0.15) is 0 Å². The van der Waals surface area contributed by atoms with E-state index in [4.69, 9.17) is 0 Å². The third kappa shape index (κ3) is 2.12. The molecule has 76 valence electrons. The van der Waals surface area contributed by atoms with Gasteiger partial charge in [-0.15, -0.1) is 0 Å². The van der Waals surface area contributed by atoms with Gasteiger partial charge in [0.15, 0.2) is 0 Å². The van der Waals surface area contributed by atoms with Crippen LogP contribution in [-0.2, 0) is 0 Å². The molecule has 0 fully saturated rings. The monoisotopic (exact) mass is 259 g/mol. The van der Waals surface area contributed by atoms with Crippen molar-refractivity contribution in [3.8, 4) is 0 Å². The Bertz CT molecular complexity index is 353. The SMILES string of the molecule is Cc1c(F)cc(C(=O)N(C)C)cc1Br. The molecule has 0 saturated carbocycles. The summed E-state index contributed by atoms with van der Waals surface area (Å²) in [6.07, 6.45) is 0. The number of amides is 1. The first-order chi connectivity index (χ1) is 6.43. The van der Waals surface area contributed by atoms with Crippen LogP contribution in [0.15, 0.2) is 16.6 Å². The second-order valence-corrected chi connectivity index (χ2v) is 4.12. The first kappa shape index (κ1) is 11.2. The van der Waals surface area contributed by atoms with E-state index in [1.807, 2.05) is 0 Å². The van der Waals surface area contributed by atoms with Crippen LogP contribution in [0.1, 0.15) is 15.9 Å². The number of nitrogens with zero attached hydrogens (tertiary/aromatic N) is 1. The van der Waals surface area contributed by atoms with Crippen molar-refractivity contribution in [3.05, 3.63) is 33.5 Å². The minimum Gasteiger partial charge on any atom is -0.345 e. The zero-order chi connectivity index (χ0) is 10.9. The molecule has 0 atom stereocenters. The summed E-state index contributed by atoms with van der Waals surface area (Å²) in [5.41, 5.74) is 0.866. The Hall–Kier alpha value is -0.900. The topological polar surface area (TPSA) is 20.3 Å². The van der Waals surface area contributed by atoms with Crippen molar-refractivity contribution >= 4 is 21.8 Å². The number of hydrogen-bond donors (Lipinski definition) is 0. The molecule has 0 aliphatic heterocycles. The van der Waals surface area contributed by atoms with Crippen LogP contribution in [0, 0.1) is 12.7 Å². The summed E-state index contributed by atoms with van der Waals surface area (Å²) in [6, 6.07) is 2.88. The van der Waals surface area contributed by atoms with Gasteiger partial charge >= 0.3 is 0 Å². The highest BCUT2D eigenvalue weighted by Gasteiger charge is 2.12. The van der Waals surface area contributed by atoms with Crippen LogP contribution >= 0.6 is 15.9 Å². The molecule has 0 saturated heterocycles. The molecule has 0 aliphatic rings. The van der Waals surface area contributed by atoms with Gasteiger partial charge < -0.3 is 4.90 Å². The molecule has 4 heteroatoms. The van der Waals surface area contributed by atoms with Crippen molar-refractivity contribution in [2.45, 2.75) is 6.92 Å². The maximum absolute atomic E-state index is 13.3. The Labute approximate surface area is 90.8 Å². The second kappa shape index (κ2) is 4.09. The molecule has 1 aromatic carbocycles. The molecule has 0 N–H and O–H groups in total. The Balaban J connectivity index is 3.19. The molecule has 0 bridgehead atoms. The van der Waals surface area contributed by atoms with Gasteiger partial charge in [-0.25, -0.2) is 4.39 Å². The predicted octanol–water partition coefficient (Wildman–Crippen LogP) is 2.60. The first-order valence-corrected chi connectivity index (χ1v) is 4.90. The summed E-state index contributed by atoms with van der Waals surface area (Å²) in [6.45, 7) is 1.66. The average Bonchev–Trinajstić information content (AvgIpc) is 2.12. The largest absolute Gasteiger partial charge is 0.345 e. The maximum Gasteiger partial charge on any atom is 0.253 e. The lowest BCUT2D eigenvalue weighted by Crippen LogP contribution is -2.21. The summed E-state index contributed by atoms with van der Waals surface area (Å²) in [5, 5.41) is 0. The van der Waals surface area contributed by atoms with Crippen LogP contribution in [0.2, 0.25) is 0 Å². The molecule has 0 radical (unpaired) electrons. The van der Waals surface area contributed by atoms with Crippen molar-refractivity contribution in [1.82, 2.24) is 4.90 Å². The Morgan fingerprint density at radius 1 is 1.43 bits per heavy atom. The zero-order valence-electron chi connectivity index (χ0n) is 8.27. The lowest BCUT2D eigenvalue weighted by molar-refractivity contribution is 0.0827. The third-order valence-electron chi connectivity index (χ3n) is 1.93. The van der Waals surface area contributed by atoms with Crippen molar-refractivity contribution in [2.24, 2.45) is 0 Å². The number of carbonyl (C=O) groups excluding carboxylic acids is 1. The summed E-state index contributed by atoms with van der Waals surface area (Å²) in [5.74, 6) is -0.575. The fourth-order valence-electron chi connectivity index (χ4n) is 1.03. The molecular weight excluding hydrogens is 249 g/mol. The molecule has 1 rings (SSSR count). The summed E-state index contributed by atoms with van der Waals surface area (Å²) >= 11 is 3.20. The van der Waals surface area contributed by atoms with E-state index >= 15 is 0 Å². The highest BCUT2D eigenvalue weighted by Crippen LogP contribution is 2.21. The van der Waals surface area contributed by atoms with Gasteiger partial charge in [-0.1, -0.05) is 15.9 Å². The summed E-state index contributed by atoms with van der Waals surface area (Å²) in [4.78, 5) is 12.9. The number of carbonyl (C=O) groups is 1. The Morgan fingerprint density at radius 3 is 2.43 bits per heavy atom. The van der Waals surface area contributed by atoms with Gasteiger partial charge in [0.25, 0.3) is 5.91 Å². The molecule has 0 unspecified atom stereocenters. The van der Waals surface area contributed by atoms with Crippen LogP contribution in [0.25, 0.3) is 0 Å². The number of benzene rings is 1. The molecule has 0 aliphatic carbocycles. The molecule has 0 heterocycles. The molecule has 1 aromatic rings. The van der Waals surface area contributed by atoms with Crippen molar-refractivity contribution < 1.29 is 9.18 Å². The van der Waals surface area contributed by atoms with Crippen LogP contribution < -0.4 is 0 Å². The Kier molecular flexibility index (Phi) is 3.26. The molecule has 14 heavy (non-hydrogen) atoms. The average molecular weight is 260 g/mol. The lowest BCUT2D eigenvalue weighted by Gasteiger charge is -2.11. The van der Waals surface area contributed by atoms with Crippen LogP contribution in [0.4, 0.5) is 4.39 Å². The quantitative estimate of drug-likeness (QED) is 0.760. The van der Waals surface area contributed by atoms with Gasteiger partial charge in [0.1, 0.15) is 5.82 Å². The molecule has 1 amide bonds. The van der Waals surface area contributed by atoms with Gasteiger partial charge in [0.05, 0.1) is 0 Å². The number of rotatable bonds is 1. The summed E-state index contributed by atoms with van der Waals surface area (Å²) in [7, 11) is 3.27. The smallest absolute Gasteiger partial charge is 0.253 e. The van der Waals surface area contributed by atoms with E-state index < -0.39 is 0 Å². The molecule has 0 spiro atoms. The van der Waals surface area contributed by atoms with E-state index in [2.05, 4.69) is 15.9 Å². The minimum atomic E-state index is -0.371. The fraction of sp³-hybridized carbons (Fsp3) is 0.300. The standard InChI is InChI=1S/C10H11BrFNO/c1-6-8(11)4-7(5-9(6)12)10(14)13(2)3/h4-5H,1-3H3. The van der Waals surface area contributed by atoms with Crippen LogP contribution in [-0.4, -0.2) is 24.9 Å². The third-order valence-corrected chi connectivity index (χ3v) is 2.76. The van der Waals surface area contributed by atoms with Crippen molar-refractivity contribution in [2.75, 3.05) is 14.1 Å². The number of hydrogen-bond acceptors (Lipinski definition) is 1. The van der Waals surface area contributed by atoms with Crippen molar-refractivity contribution in [3.63, 3.8) is 0 Å². The zero-order valence-corrected chi connectivity index (χ0v) is 9.85. The van der Waals surface area contributed by atoms with Crippen molar-refractivity contribution in [1.29, 1.82) is 0 Å². The highest BCUT2D eigenvalue weighted by molar-refractivity contribution is 9.10. The lowest BCUT2D eigenvalue weighted by atomic mass is 10.1. The van der Waals surface area contributed by atoms with E-state index in [0.717, 1.165) is 0 Å². The highest BCUT2D eigenvalue weighted by atomic mass is 79.9. The normalized spacial score (nSPS) is 10.1. The van der Waals surface area contributed by atoms with E-state index in [1.54, 1.807) is 27.1 Å². The van der Waals surface area contributed by atoms with E-state index in [-0.39, 0.29) is 11.7 Å². The fourth-order valence-corrected chi connectivity index (χ4v) is 1.46. The van der Waals surface area contributed by atoms with Crippen LogP contribution in [0.3, 0.4) is 0 Å². The van der Waals surface area contributed by atoms with Gasteiger partial charge in [-0.05, 0) is 24.6 Å². The number of halogens is 2. The molecule has 0 aromatic heterocycles. The van der Waals surface area contributed by atoms with Gasteiger partial charge in [-0.3, -0.25) is 4.79 Å². The maximum atomic E-state index is 13.3. The molecular formula is C10H11BrFNO. The van der Waals surface area contributed by atoms with E-state index in [9.17, 15) is 9.18 Å². The van der Waals surface area contributed by atoms with Gasteiger partial charge in [0, 0.05) is 24.1 Å².